The van der Waals surface area contributed by atoms with Crippen LogP contribution in [0.2, 0.25) is 0 Å². The van der Waals surface area contributed by atoms with E-state index in [9.17, 15) is 0 Å². The lowest BCUT2D eigenvalue weighted by Crippen LogP contribution is -2.19. The van der Waals surface area contributed by atoms with Crippen LogP contribution in [0, 0.1) is 0 Å². The van der Waals surface area contributed by atoms with Gasteiger partial charge in [-0.25, -0.2) is 0 Å². The molecule has 0 saturated heterocycles. The van der Waals surface area contributed by atoms with Crippen LogP contribution in [0.25, 0.3) is 0 Å². The molecule has 8 heavy (non-hydrogen) atoms. The molecule has 0 rings (SSSR count). The van der Waals surface area contributed by atoms with Crippen molar-refractivity contribution in [2.45, 2.75) is 13.3 Å². The Morgan fingerprint density at radius 2 is 2.50 bits per heavy atom. The topological polar surface area (TPSA) is 38.0 Å². The Morgan fingerprint density at radius 1 is 1.88 bits per heavy atom. The lowest BCUT2D eigenvalue weighted by atomic mass is 10.5. The van der Waals surface area contributed by atoms with E-state index < -0.39 is 0 Å². The van der Waals surface area contributed by atoms with Gasteiger partial charge in [0, 0.05) is 6.54 Å². The predicted octanol–water partition coefficient (Wildman–Crippen LogP) is 0.571. The standard InChI is InChI=1S/C6H12N2/c1-3-5-8-6(7)4-2/h8H,2-3,5,7H2,1H3. The first-order valence-electron chi connectivity index (χ1n) is 2.70. The molecular weight excluding hydrogens is 100 g/mol. The summed E-state index contributed by atoms with van der Waals surface area (Å²) in [7, 11) is 0. The molecule has 2 nitrogen and oxygen atoms in total. The van der Waals surface area contributed by atoms with Crippen molar-refractivity contribution in [2.75, 3.05) is 6.54 Å². The van der Waals surface area contributed by atoms with Gasteiger partial charge >= 0.3 is 0 Å². The lowest BCUT2D eigenvalue weighted by molar-refractivity contribution is 0.763. The highest BCUT2D eigenvalue weighted by Crippen LogP contribution is 1.72. The zero-order valence-corrected chi connectivity index (χ0v) is 5.20. The molecule has 0 bridgehead atoms. The molecule has 0 aliphatic rings. The fourth-order valence-corrected chi connectivity index (χ4v) is 0.322. The summed E-state index contributed by atoms with van der Waals surface area (Å²) >= 11 is 0. The molecule has 0 unspecified atom stereocenters. The molecule has 46 valence electrons. The van der Waals surface area contributed by atoms with Gasteiger partial charge < -0.3 is 11.1 Å². The number of hydrogen-bond donors (Lipinski definition) is 2. The molecule has 0 aromatic rings. The van der Waals surface area contributed by atoms with Crippen LogP contribution in [0.1, 0.15) is 13.3 Å². The third-order valence-electron chi connectivity index (χ3n) is 0.756. The van der Waals surface area contributed by atoms with Crippen LogP contribution >= 0.6 is 0 Å². The van der Waals surface area contributed by atoms with Gasteiger partial charge in [0.1, 0.15) is 5.82 Å². The van der Waals surface area contributed by atoms with Gasteiger partial charge in [0.25, 0.3) is 0 Å². The molecular formula is C6H12N2. The van der Waals surface area contributed by atoms with Gasteiger partial charge in [0.05, 0.1) is 0 Å². The maximum atomic E-state index is 5.29. The molecule has 0 heterocycles. The molecule has 0 aliphatic heterocycles. The van der Waals surface area contributed by atoms with Crippen molar-refractivity contribution in [3.8, 4) is 0 Å². The number of rotatable bonds is 3. The third-order valence-corrected chi connectivity index (χ3v) is 0.756. The smallest absolute Gasteiger partial charge is 0.140 e. The monoisotopic (exact) mass is 112 g/mol. The van der Waals surface area contributed by atoms with E-state index in [1.54, 1.807) is 0 Å². The predicted molar refractivity (Wildman–Crippen MR) is 35.1 cm³/mol. The van der Waals surface area contributed by atoms with E-state index in [1.165, 1.54) is 0 Å². The fourth-order valence-electron chi connectivity index (χ4n) is 0.322. The van der Waals surface area contributed by atoms with Crippen molar-refractivity contribution >= 4 is 0 Å². The first-order chi connectivity index (χ1) is 3.81. The van der Waals surface area contributed by atoms with Crippen LogP contribution in [0.5, 0.6) is 0 Å². The first-order valence-corrected chi connectivity index (χ1v) is 2.70. The molecule has 0 atom stereocenters. The second-order valence-corrected chi connectivity index (χ2v) is 1.52. The Labute approximate surface area is 50.1 Å². The van der Waals surface area contributed by atoms with Crippen LogP contribution in [0.3, 0.4) is 0 Å². The summed E-state index contributed by atoms with van der Waals surface area (Å²) in [5.74, 6) is 0.534. The molecule has 0 fully saturated rings. The van der Waals surface area contributed by atoms with Gasteiger partial charge in [-0.2, -0.15) is 0 Å². The van der Waals surface area contributed by atoms with Gasteiger partial charge in [-0.05, 0) is 6.42 Å². The summed E-state index contributed by atoms with van der Waals surface area (Å²) in [6, 6.07) is 0. The second-order valence-electron chi connectivity index (χ2n) is 1.52. The van der Waals surface area contributed by atoms with Crippen LogP contribution in [0.15, 0.2) is 18.1 Å². The third kappa shape index (κ3) is 3.32. The number of hydrogen-bond acceptors (Lipinski definition) is 2. The molecule has 3 N–H and O–H groups in total. The number of nitrogens with two attached hydrogens (primary N) is 1. The van der Waals surface area contributed by atoms with Crippen LogP contribution in [0.4, 0.5) is 0 Å². The van der Waals surface area contributed by atoms with E-state index in [-0.39, 0.29) is 0 Å². The summed E-state index contributed by atoms with van der Waals surface area (Å²) in [5, 5.41) is 2.90. The average Bonchev–Trinajstić information content (AvgIpc) is 1.83. The first kappa shape index (κ1) is 7.12. The molecule has 0 spiro atoms. The van der Waals surface area contributed by atoms with Crippen LogP contribution < -0.4 is 11.1 Å². The quantitative estimate of drug-likeness (QED) is 0.524. The largest absolute Gasteiger partial charge is 0.379 e. The van der Waals surface area contributed by atoms with Crippen molar-refractivity contribution in [3.63, 3.8) is 0 Å². The van der Waals surface area contributed by atoms with Gasteiger partial charge in [0.2, 0.25) is 0 Å². The molecule has 0 aromatic carbocycles. The van der Waals surface area contributed by atoms with Gasteiger partial charge in [0.15, 0.2) is 0 Å². The van der Waals surface area contributed by atoms with E-state index in [1.807, 2.05) is 0 Å². The summed E-state index contributed by atoms with van der Waals surface area (Å²) in [5.41, 5.74) is 7.82. The lowest BCUT2D eigenvalue weighted by Gasteiger charge is -1.98. The van der Waals surface area contributed by atoms with Crippen LogP contribution in [-0.4, -0.2) is 6.54 Å². The molecule has 0 amide bonds. The maximum absolute atomic E-state index is 5.29. The van der Waals surface area contributed by atoms with E-state index in [4.69, 9.17) is 5.73 Å². The van der Waals surface area contributed by atoms with Crippen molar-refractivity contribution in [1.29, 1.82) is 0 Å². The highest BCUT2D eigenvalue weighted by molar-refractivity contribution is 4.88. The molecule has 2 heteroatoms. The van der Waals surface area contributed by atoms with Crippen molar-refractivity contribution in [1.82, 2.24) is 5.32 Å². The Balaban J connectivity index is 3.26. The molecule has 0 saturated carbocycles. The summed E-state index contributed by atoms with van der Waals surface area (Å²) in [6.07, 6.45) is 1.07. The Bertz CT molecular complexity index is 101. The minimum atomic E-state index is 0.534. The highest BCUT2D eigenvalue weighted by atomic mass is 15.0. The van der Waals surface area contributed by atoms with Crippen LogP contribution in [-0.2, 0) is 0 Å². The van der Waals surface area contributed by atoms with E-state index in [0.29, 0.717) is 5.82 Å². The van der Waals surface area contributed by atoms with E-state index >= 15 is 0 Å². The summed E-state index contributed by atoms with van der Waals surface area (Å²) in [6.45, 7) is 6.33. The minimum absolute atomic E-state index is 0.534. The molecule has 0 aromatic heterocycles. The minimum Gasteiger partial charge on any atom is -0.379 e. The van der Waals surface area contributed by atoms with Gasteiger partial charge in [-0.3, -0.25) is 0 Å². The fraction of sp³-hybridized carbons (Fsp3) is 0.500. The Morgan fingerprint density at radius 3 is 2.88 bits per heavy atom. The average molecular weight is 112 g/mol. The normalized spacial score (nSPS) is 7.62. The van der Waals surface area contributed by atoms with Gasteiger partial charge in [-0.1, -0.05) is 19.2 Å². The zero-order chi connectivity index (χ0) is 6.41. The Hall–Kier alpha value is -0.880. The Kier molecular flexibility index (Phi) is 3.81. The SMILES string of the molecule is C=C=C(N)NCCC. The zero-order valence-electron chi connectivity index (χ0n) is 5.20. The van der Waals surface area contributed by atoms with E-state index in [0.717, 1.165) is 13.0 Å². The highest BCUT2D eigenvalue weighted by Gasteiger charge is 1.79. The second kappa shape index (κ2) is 4.28. The molecule has 0 radical (unpaired) electrons. The van der Waals surface area contributed by atoms with Crippen molar-refractivity contribution < 1.29 is 0 Å². The van der Waals surface area contributed by atoms with E-state index in [2.05, 4.69) is 24.6 Å². The number of nitrogens with one attached hydrogen (secondary N) is 1. The van der Waals surface area contributed by atoms with Gasteiger partial charge in [-0.15, -0.1) is 0 Å². The summed E-state index contributed by atoms with van der Waals surface area (Å²) in [4.78, 5) is 0. The molecule has 0 aliphatic carbocycles. The maximum Gasteiger partial charge on any atom is 0.140 e. The summed E-state index contributed by atoms with van der Waals surface area (Å²) < 4.78 is 0. The van der Waals surface area contributed by atoms with Crippen molar-refractivity contribution in [3.05, 3.63) is 18.1 Å². The van der Waals surface area contributed by atoms with Crippen molar-refractivity contribution in [2.24, 2.45) is 5.73 Å².